The molecule has 4 aromatic heterocycles. The molecule has 0 atom stereocenters. The number of halogens is 9. The molecule has 24 heteroatoms. The third kappa shape index (κ3) is 11.5. The first-order valence-electron chi connectivity index (χ1n) is 20.7. The molecule has 12 nitrogen and oxygen atoms in total. The van der Waals surface area contributed by atoms with Gasteiger partial charge in [0.05, 0.1) is 85.0 Å². The molecular formula is C48H48BBrCl4F4N4O8S2. The molecule has 2 N–H and O–H groups in total. The average Bonchev–Trinajstić information content (AvgIpc) is 4.09. The summed E-state index contributed by atoms with van der Waals surface area (Å²) in [5, 5.41) is 8.59. The number of fused-ring (bicyclic) bond motifs is 2. The summed E-state index contributed by atoms with van der Waals surface area (Å²) in [5.74, 6) is -3.69. The van der Waals surface area contributed by atoms with Gasteiger partial charge in [-0.2, -0.15) is 0 Å². The molecule has 72 heavy (non-hydrogen) atoms. The number of hydrogen-bond acceptors (Lipinski definition) is 10. The molecule has 5 heterocycles. The Hall–Kier alpha value is -4.38. The van der Waals surface area contributed by atoms with Gasteiger partial charge in [0.1, 0.15) is 34.8 Å². The van der Waals surface area contributed by atoms with Crippen LogP contribution in [0.25, 0.3) is 32.9 Å². The minimum absolute atomic E-state index is 0. The van der Waals surface area contributed by atoms with Gasteiger partial charge in [-0.05, 0) is 120 Å². The lowest BCUT2D eigenvalue weighted by molar-refractivity contribution is 0.00578. The highest BCUT2D eigenvalue weighted by Crippen LogP contribution is 2.41. The highest BCUT2D eigenvalue weighted by atomic mass is 79.9. The van der Waals surface area contributed by atoms with Gasteiger partial charge in [-0.1, -0.05) is 71.6 Å². The Morgan fingerprint density at radius 3 is 1.47 bits per heavy atom. The van der Waals surface area contributed by atoms with Crippen LogP contribution in [-0.4, -0.2) is 55.4 Å². The van der Waals surface area contributed by atoms with E-state index in [4.69, 9.17) is 64.8 Å². The van der Waals surface area contributed by atoms with E-state index in [0.29, 0.717) is 58.9 Å². The van der Waals surface area contributed by atoms with E-state index < -0.39 is 64.5 Å². The first-order valence-corrected chi connectivity index (χ1v) is 26.3. The highest BCUT2D eigenvalue weighted by molar-refractivity contribution is 9.10. The number of H-pyrrole nitrogens is 2. The minimum Gasteiger partial charge on any atom is -0.399 e. The summed E-state index contributed by atoms with van der Waals surface area (Å²) in [5.41, 5.74) is 3.27. The first kappa shape index (κ1) is 58.5. The van der Waals surface area contributed by atoms with E-state index in [9.17, 15) is 34.4 Å². The Bertz CT molecular complexity index is 3530. The second-order valence-corrected chi connectivity index (χ2v) is 23.5. The van der Waals surface area contributed by atoms with Gasteiger partial charge in [0.25, 0.3) is 0 Å². The fourth-order valence-electron chi connectivity index (χ4n) is 7.56. The van der Waals surface area contributed by atoms with Crippen molar-refractivity contribution in [2.45, 2.75) is 103 Å². The smallest absolute Gasteiger partial charge is 0.399 e. The number of aromatic amines is 2. The van der Waals surface area contributed by atoms with Crippen molar-refractivity contribution >= 4 is 116 Å². The van der Waals surface area contributed by atoms with Gasteiger partial charge in [0.15, 0.2) is 19.7 Å². The maximum atomic E-state index is 14.1. The van der Waals surface area contributed by atoms with E-state index >= 15 is 0 Å². The summed E-state index contributed by atoms with van der Waals surface area (Å²) in [6.45, 7) is 15.4. The van der Waals surface area contributed by atoms with Crippen LogP contribution >= 0.6 is 62.3 Å². The van der Waals surface area contributed by atoms with Crippen LogP contribution in [0, 0.1) is 51.0 Å². The Balaban J connectivity index is 0.000000207. The van der Waals surface area contributed by atoms with Gasteiger partial charge in [0, 0.05) is 45.3 Å². The number of rotatable bonds is 8. The van der Waals surface area contributed by atoms with Crippen molar-refractivity contribution < 1.29 is 52.8 Å². The molecular weight excluding hydrogens is 1130 g/mol. The lowest BCUT2D eigenvalue weighted by atomic mass is 9.77. The second kappa shape index (κ2) is 21.8. The monoisotopic (exact) mass is 1180 g/mol. The van der Waals surface area contributed by atoms with Gasteiger partial charge in [-0.15, -0.1) is 0 Å². The molecule has 0 saturated carbocycles. The van der Waals surface area contributed by atoms with Crippen LogP contribution in [0.5, 0.6) is 0 Å². The number of benzene rings is 4. The van der Waals surface area contributed by atoms with E-state index in [2.05, 4.69) is 36.2 Å². The zero-order valence-corrected chi connectivity index (χ0v) is 44.4. The summed E-state index contributed by atoms with van der Waals surface area (Å²) in [6.07, 6.45) is 2.60. The quantitative estimate of drug-likeness (QED) is 0.0848. The number of aromatic nitrogens is 4. The SMILES string of the molecule is C.C.Cc1noc(C)c1-c1c(Cl)ccc2c(S(=O)(=O)Cc3cc(F)c(Cl)cc3F)c[nH]c12.Cc1noc(C)c1B1OC(C)(C)C(C)(C)O1.O=S(=O)(Cc1cc(F)c(Cl)cc1F)c1c[nH]c2c(Br)c(Cl)ccc12. The van der Waals surface area contributed by atoms with Crippen LogP contribution in [0.3, 0.4) is 0 Å². The molecule has 0 unspecified atom stereocenters. The number of sulfone groups is 2. The summed E-state index contributed by atoms with van der Waals surface area (Å²) in [6, 6.07) is 9.31. The molecule has 9 rings (SSSR count). The number of nitrogens with one attached hydrogen (secondary N) is 2. The standard InChI is InChI=1S/C20H14Cl2F2N2O3S.C15H8BrCl2F2NO2S.C11H18BNO3.2CH4/c1-9-18(10(2)29-26-9)19-13(21)4-3-12-17(7-25-20(12)19)30(27,28)8-11-5-16(24)14(22)6-15(11)23;16-14-9(17)2-1-8-13(5-21-15(8)14)24(22,23)6-7-3-12(20)10(18)4-11(7)19;1-7-9(8(2)14-13-7)12-15-10(3,4)11(5,6)16-12;;/h3-7,25H,8H2,1-2H3;1-5,21H,6H2;1-6H3;2*1H4. The predicted octanol–water partition coefficient (Wildman–Crippen LogP) is 14.4. The van der Waals surface area contributed by atoms with Crippen LogP contribution in [0.2, 0.25) is 20.1 Å². The molecule has 1 saturated heterocycles. The summed E-state index contributed by atoms with van der Waals surface area (Å²) in [7, 11) is -8.33. The van der Waals surface area contributed by atoms with Gasteiger partial charge < -0.3 is 28.3 Å². The largest absolute Gasteiger partial charge is 0.500 e. The van der Waals surface area contributed by atoms with Crippen LogP contribution < -0.4 is 5.46 Å². The average molecular weight is 1180 g/mol. The maximum absolute atomic E-state index is 14.1. The Morgan fingerprint density at radius 1 is 0.597 bits per heavy atom. The van der Waals surface area contributed by atoms with E-state index in [1.165, 1.54) is 12.4 Å². The first-order chi connectivity index (χ1) is 32.5. The third-order valence-corrected chi connectivity index (χ3v) is 17.5. The summed E-state index contributed by atoms with van der Waals surface area (Å²) in [4.78, 5) is 5.69. The molecule has 4 aromatic carbocycles. The molecule has 1 aliphatic heterocycles. The Labute approximate surface area is 443 Å². The molecule has 0 radical (unpaired) electrons. The predicted molar refractivity (Wildman–Crippen MR) is 279 cm³/mol. The van der Waals surface area contributed by atoms with Crippen molar-refractivity contribution in [2.24, 2.45) is 0 Å². The van der Waals surface area contributed by atoms with Gasteiger partial charge in [-0.25, -0.2) is 34.4 Å². The van der Waals surface area contributed by atoms with Crippen LogP contribution in [0.15, 0.2) is 84.2 Å². The van der Waals surface area contributed by atoms with E-state index in [1.807, 2.05) is 41.5 Å². The normalized spacial score (nSPS) is 14.1. The van der Waals surface area contributed by atoms with Crippen LogP contribution in [0.1, 0.15) is 76.6 Å². The number of nitrogens with zero attached hydrogens (tertiary/aromatic N) is 2. The van der Waals surface area contributed by atoms with Crippen molar-refractivity contribution in [1.82, 2.24) is 20.3 Å². The van der Waals surface area contributed by atoms with Gasteiger partial charge >= 0.3 is 7.12 Å². The zero-order chi connectivity index (χ0) is 51.6. The number of hydrogen-bond donors (Lipinski definition) is 2. The number of aryl methyl sites for hydroxylation is 4. The Kier molecular flexibility index (Phi) is 17.7. The van der Waals surface area contributed by atoms with Gasteiger partial charge in [0.2, 0.25) is 0 Å². The van der Waals surface area contributed by atoms with Crippen molar-refractivity contribution in [3.05, 3.63) is 143 Å². The maximum Gasteiger partial charge on any atom is 0.500 e. The van der Waals surface area contributed by atoms with E-state index in [-0.39, 0.29) is 54.1 Å². The molecule has 1 aliphatic rings. The van der Waals surface area contributed by atoms with Gasteiger partial charge in [-0.3, -0.25) is 0 Å². The van der Waals surface area contributed by atoms with E-state index in [1.54, 1.807) is 38.1 Å². The highest BCUT2D eigenvalue weighted by Gasteiger charge is 2.53. The molecule has 1 fully saturated rings. The molecule has 8 aromatic rings. The lowest BCUT2D eigenvalue weighted by Crippen LogP contribution is -2.41. The zero-order valence-electron chi connectivity index (χ0n) is 38.1. The fraction of sp³-hybridized carbons (Fsp3) is 0.292. The van der Waals surface area contributed by atoms with Crippen molar-refractivity contribution in [2.75, 3.05) is 0 Å². The molecule has 0 spiro atoms. The summed E-state index contributed by atoms with van der Waals surface area (Å²) < 4.78 is 129. The fourth-order valence-corrected chi connectivity index (χ4v) is 11.8. The molecule has 0 bridgehead atoms. The second-order valence-electron chi connectivity index (χ2n) is 17.2. The van der Waals surface area contributed by atoms with Crippen molar-refractivity contribution in [1.29, 1.82) is 0 Å². The minimum atomic E-state index is -4.03. The lowest BCUT2D eigenvalue weighted by Gasteiger charge is -2.32. The van der Waals surface area contributed by atoms with Crippen molar-refractivity contribution in [3.63, 3.8) is 0 Å². The van der Waals surface area contributed by atoms with Crippen LogP contribution in [-0.2, 0) is 40.5 Å². The Morgan fingerprint density at radius 2 is 1.03 bits per heavy atom. The topological polar surface area (TPSA) is 170 Å². The van der Waals surface area contributed by atoms with E-state index in [0.717, 1.165) is 41.2 Å². The van der Waals surface area contributed by atoms with Crippen molar-refractivity contribution in [3.8, 4) is 11.1 Å². The summed E-state index contributed by atoms with van der Waals surface area (Å²) >= 11 is 26.7. The van der Waals surface area contributed by atoms with Crippen LogP contribution in [0.4, 0.5) is 17.6 Å². The third-order valence-electron chi connectivity index (χ3n) is 11.9. The molecule has 386 valence electrons. The molecule has 0 aliphatic carbocycles. The molecule has 0 amide bonds.